The Morgan fingerprint density at radius 3 is 2.96 bits per heavy atom. The molecule has 0 fully saturated rings. The van der Waals surface area contributed by atoms with Crippen molar-refractivity contribution in [3.8, 4) is 0 Å². The summed E-state index contributed by atoms with van der Waals surface area (Å²) in [6, 6.07) is 5.98. The highest BCUT2D eigenvalue weighted by atomic mass is 32.2. The Labute approximate surface area is 155 Å². The normalized spacial score (nSPS) is 16.5. The van der Waals surface area contributed by atoms with Crippen molar-refractivity contribution >= 4 is 40.0 Å². The number of nitrogens with zero attached hydrogens (tertiary/aromatic N) is 2. The molecule has 1 unspecified atom stereocenters. The van der Waals surface area contributed by atoms with Crippen molar-refractivity contribution in [2.24, 2.45) is 0 Å². The van der Waals surface area contributed by atoms with Gasteiger partial charge in [-0.3, -0.25) is 4.79 Å². The van der Waals surface area contributed by atoms with Gasteiger partial charge in [-0.15, -0.1) is 11.3 Å². The molecule has 0 aliphatic carbocycles. The summed E-state index contributed by atoms with van der Waals surface area (Å²) in [4.78, 5) is 21.9. The molecule has 2 aromatic rings. The van der Waals surface area contributed by atoms with E-state index in [0.29, 0.717) is 17.5 Å². The lowest BCUT2D eigenvalue weighted by Crippen LogP contribution is -2.30. The maximum absolute atomic E-state index is 12.1. The molecule has 0 saturated heterocycles. The van der Waals surface area contributed by atoms with Crippen LogP contribution in [-0.4, -0.2) is 21.4 Å². The largest absolute Gasteiger partial charge is 0.359 e. The third-order valence-corrected chi connectivity index (χ3v) is 5.28. The van der Waals surface area contributed by atoms with Crippen molar-refractivity contribution in [2.75, 3.05) is 10.6 Å². The van der Waals surface area contributed by atoms with Crippen LogP contribution in [0.5, 0.6) is 0 Å². The van der Waals surface area contributed by atoms with Gasteiger partial charge in [0.05, 0.1) is 6.42 Å². The average molecular weight is 376 g/mol. The van der Waals surface area contributed by atoms with E-state index >= 15 is 0 Å². The van der Waals surface area contributed by atoms with Crippen LogP contribution in [0.4, 0.5) is 10.9 Å². The van der Waals surface area contributed by atoms with Crippen LogP contribution in [0.25, 0.3) is 0 Å². The molecule has 3 rings (SSSR count). The smallest absolute Gasteiger partial charge is 0.232 e. The monoisotopic (exact) mass is 375 g/mol. The van der Waals surface area contributed by atoms with Gasteiger partial charge >= 0.3 is 0 Å². The Kier molecular flexibility index (Phi) is 5.60. The summed E-state index contributed by atoms with van der Waals surface area (Å²) < 4.78 is 0. The highest BCUT2D eigenvalue weighted by Gasteiger charge is 2.19. The van der Waals surface area contributed by atoms with Crippen molar-refractivity contribution < 1.29 is 4.79 Å². The zero-order valence-electron chi connectivity index (χ0n) is 14.4. The maximum atomic E-state index is 12.1. The van der Waals surface area contributed by atoms with E-state index in [4.69, 9.17) is 0 Å². The predicted octanol–water partition coefficient (Wildman–Crippen LogP) is 3.87. The topological polar surface area (TPSA) is 78.9 Å². The number of rotatable bonds is 6. The van der Waals surface area contributed by atoms with Gasteiger partial charge in [-0.05, 0) is 30.4 Å². The van der Waals surface area contributed by atoms with Crippen LogP contribution in [-0.2, 0) is 4.79 Å². The lowest BCUT2D eigenvalue weighted by Gasteiger charge is -2.16. The van der Waals surface area contributed by atoms with Gasteiger partial charge in [0.2, 0.25) is 5.91 Å². The van der Waals surface area contributed by atoms with Crippen molar-refractivity contribution in [1.29, 1.82) is 0 Å². The molecule has 1 aliphatic rings. The predicted molar refractivity (Wildman–Crippen MR) is 105 cm³/mol. The molecule has 1 aliphatic heterocycles. The highest BCUT2D eigenvalue weighted by Crippen LogP contribution is 2.25. The molecule has 2 aromatic heterocycles. The fourth-order valence-electron chi connectivity index (χ4n) is 2.29. The van der Waals surface area contributed by atoms with Crippen LogP contribution in [0.1, 0.15) is 36.8 Å². The van der Waals surface area contributed by atoms with Crippen LogP contribution in [0.3, 0.4) is 0 Å². The molecule has 0 radical (unpaired) electrons. The van der Waals surface area contributed by atoms with Gasteiger partial charge in [0.25, 0.3) is 0 Å². The number of hydrogen-bond acceptors (Lipinski definition) is 7. The number of thiazole rings is 1. The van der Waals surface area contributed by atoms with E-state index in [-0.39, 0.29) is 11.4 Å². The van der Waals surface area contributed by atoms with E-state index in [2.05, 4.69) is 39.8 Å². The first-order valence-corrected chi connectivity index (χ1v) is 9.82. The molecule has 3 N–H and O–H groups in total. The van der Waals surface area contributed by atoms with Crippen LogP contribution in [0.2, 0.25) is 0 Å². The molecule has 0 bridgehead atoms. The molecule has 0 aromatic carbocycles. The quantitative estimate of drug-likeness (QED) is 0.711. The Morgan fingerprint density at radius 1 is 1.40 bits per heavy atom. The van der Waals surface area contributed by atoms with Gasteiger partial charge in [0, 0.05) is 22.5 Å². The molecular formula is C17H21N5OS2. The molecule has 3 heterocycles. The van der Waals surface area contributed by atoms with Gasteiger partial charge in [0.15, 0.2) is 10.6 Å². The zero-order chi connectivity index (χ0) is 17.8. The van der Waals surface area contributed by atoms with Crippen LogP contribution in [0, 0.1) is 6.92 Å². The van der Waals surface area contributed by atoms with Gasteiger partial charge < -0.3 is 16.0 Å². The number of nitrogens with one attached hydrogen (secondary N) is 3. The molecule has 0 saturated carbocycles. The third kappa shape index (κ3) is 4.96. The fraction of sp³-hybridized carbons (Fsp3) is 0.353. The SMILES string of the molecule is Cc1cnc(NC(=O)CC2=CSC(Nc3cccc(C(C)C)n3)N2)s1. The van der Waals surface area contributed by atoms with Crippen molar-refractivity contribution in [3.63, 3.8) is 0 Å². The summed E-state index contributed by atoms with van der Waals surface area (Å²) in [5, 5.41) is 12.1. The number of aryl methyl sites for hydroxylation is 1. The Balaban J connectivity index is 1.49. The van der Waals surface area contributed by atoms with Crippen LogP contribution >= 0.6 is 23.1 Å². The number of pyridine rings is 1. The molecular weight excluding hydrogens is 354 g/mol. The minimum absolute atomic E-state index is 0.0279. The van der Waals surface area contributed by atoms with E-state index < -0.39 is 0 Å². The van der Waals surface area contributed by atoms with Gasteiger partial charge in [-0.2, -0.15) is 0 Å². The van der Waals surface area contributed by atoms with Gasteiger partial charge in [0.1, 0.15) is 5.82 Å². The Morgan fingerprint density at radius 2 is 2.24 bits per heavy atom. The summed E-state index contributed by atoms with van der Waals surface area (Å²) in [5.74, 6) is 1.14. The minimum atomic E-state index is -0.0747. The summed E-state index contributed by atoms with van der Waals surface area (Å²) in [6.07, 6.45) is 2.05. The highest BCUT2D eigenvalue weighted by molar-refractivity contribution is 8.03. The number of amides is 1. The lowest BCUT2D eigenvalue weighted by atomic mass is 10.1. The van der Waals surface area contributed by atoms with E-state index in [9.17, 15) is 4.79 Å². The molecule has 8 heteroatoms. The van der Waals surface area contributed by atoms with E-state index in [1.807, 2.05) is 30.5 Å². The molecule has 6 nitrogen and oxygen atoms in total. The standard InChI is InChI=1S/C17H21N5OS2/c1-10(2)13-5-4-6-14(20-13)21-17-19-12(9-24-17)7-15(23)22-16-18-8-11(3)25-16/h4-6,8-10,17,19H,7H2,1-3H3,(H,20,21)(H,18,22,23). The number of carbonyl (C=O) groups is 1. The Hall–Kier alpha value is -2.06. The van der Waals surface area contributed by atoms with E-state index in [1.54, 1.807) is 18.0 Å². The minimum Gasteiger partial charge on any atom is -0.359 e. The lowest BCUT2D eigenvalue weighted by molar-refractivity contribution is -0.115. The van der Waals surface area contributed by atoms with E-state index in [0.717, 1.165) is 22.1 Å². The molecule has 1 atom stereocenters. The van der Waals surface area contributed by atoms with Gasteiger partial charge in [-0.25, -0.2) is 9.97 Å². The second kappa shape index (κ2) is 7.88. The fourth-order valence-corrected chi connectivity index (χ4v) is 3.83. The number of hydrogen-bond donors (Lipinski definition) is 3. The summed E-state index contributed by atoms with van der Waals surface area (Å²) in [6.45, 7) is 6.21. The van der Waals surface area contributed by atoms with E-state index in [1.165, 1.54) is 11.3 Å². The second-order valence-electron chi connectivity index (χ2n) is 6.05. The first-order valence-electron chi connectivity index (χ1n) is 8.06. The summed E-state index contributed by atoms with van der Waals surface area (Å²) in [7, 11) is 0. The van der Waals surface area contributed by atoms with Crippen molar-refractivity contribution in [3.05, 3.63) is 46.1 Å². The number of aromatic nitrogens is 2. The third-order valence-electron chi connectivity index (χ3n) is 3.52. The van der Waals surface area contributed by atoms with Crippen LogP contribution in [0.15, 0.2) is 35.5 Å². The number of carbonyl (C=O) groups excluding carboxylic acids is 1. The first kappa shape index (κ1) is 17.8. The number of thioether (sulfide) groups is 1. The number of anilines is 2. The Bertz CT molecular complexity index is 787. The first-order chi connectivity index (χ1) is 12.0. The summed E-state index contributed by atoms with van der Waals surface area (Å²) in [5.41, 5.74) is 1.91. The average Bonchev–Trinajstić information content (AvgIpc) is 3.16. The zero-order valence-corrected chi connectivity index (χ0v) is 16.0. The van der Waals surface area contributed by atoms with Gasteiger partial charge in [-0.1, -0.05) is 31.7 Å². The maximum Gasteiger partial charge on any atom is 0.232 e. The molecule has 0 spiro atoms. The molecule has 132 valence electrons. The molecule has 25 heavy (non-hydrogen) atoms. The van der Waals surface area contributed by atoms with Crippen molar-refractivity contribution in [2.45, 2.75) is 38.6 Å². The molecule has 1 amide bonds. The summed E-state index contributed by atoms with van der Waals surface area (Å²) >= 11 is 3.07. The second-order valence-corrected chi connectivity index (χ2v) is 8.27. The van der Waals surface area contributed by atoms with Crippen molar-refractivity contribution in [1.82, 2.24) is 15.3 Å². The van der Waals surface area contributed by atoms with Crippen LogP contribution < -0.4 is 16.0 Å².